The third-order valence-corrected chi connectivity index (χ3v) is 3.01. The van der Waals surface area contributed by atoms with Crippen molar-refractivity contribution in [3.8, 4) is 6.07 Å². The van der Waals surface area contributed by atoms with E-state index in [1.54, 1.807) is 0 Å². The minimum atomic E-state index is 0.583. The van der Waals surface area contributed by atoms with E-state index in [2.05, 4.69) is 24.3 Å². The average molecular weight is 231 g/mol. The first-order chi connectivity index (χ1) is 8.88. The van der Waals surface area contributed by atoms with Gasteiger partial charge in [0.05, 0.1) is 5.52 Å². The molecule has 18 heavy (non-hydrogen) atoms. The summed E-state index contributed by atoms with van der Waals surface area (Å²) in [6.45, 7) is 0.702. The molecule has 2 nitrogen and oxygen atoms in total. The number of nitriles is 1. The largest absolute Gasteiger partial charge is 0.327 e. The zero-order valence-corrected chi connectivity index (χ0v) is 9.80. The van der Waals surface area contributed by atoms with Gasteiger partial charge in [-0.2, -0.15) is 5.26 Å². The smallest absolute Gasteiger partial charge is 0.129 e. The molecule has 85 valence electrons. The van der Waals surface area contributed by atoms with Crippen molar-refractivity contribution in [3.05, 3.63) is 71.9 Å². The van der Waals surface area contributed by atoms with Crippen molar-refractivity contribution in [1.82, 2.24) is 4.57 Å². The van der Waals surface area contributed by atoms with Crippen LogP contribution in [0.1, 0.15) is 11.3 Å². The fraction of sp³-hybridized carbons (Fsp3) is 0.0625. The molecular formula is C16H11N2. The van der Waals surface area contributed by atoms with Gasteiger partial charge >= 0.3 is 0 Å². The van der Waals surface area contributed by atoms with Crippen molar-refractivity contribution in [2.75, 3.05) is 0 Å². The highest BCUT2D eigenvalue weighted by molar-refractivity contribution is 5.81. The lowest BCUT2D eigenvalue weighted by Crippen LogP contribution is -2.01. The molecule has 1 radical (unpaired) electrons. The molecule has 0 bridgehead atoms. The molecule has 1 aromatic heterocycles. The lowest BCUT2D eigenvalue weighted by Gasteiger charge is -2.06. The van der Waals surface area contributed by atoms with Crippen LogP contribution < -0.4 is 0 Å². The van der Waals surface area contributed by atoms with Crippen molar-refractivity contribution in [1.29, 1.82) is 5.26 Å². The molecule has 0 fully saturated rings. The molecule has 2 aromatic carbocycles. The van der Waals surface area contributed by atoms with Crippen LogP contribution in [0.5, 0.6) is 0 Å². The summed E-state index contributed by atoms with van der Waals surface area (Å²) in [4.78, 5) is 0. The van der Waals surface area contributed by atoms with Gasteiger partial charge < -0.3 is 4.57 Å². The van der Waals surface area contributed by atoms with Gasteiger partial charge in [-0.05, 0) is 11.6 Å². The summed E-state index contributed by atoms with van der Waals surface area (Å²) in [5, 5.41) is 10.2. The van der Waals surface area contributed by atoms with Crippen LogP contribution in [0.15, 0.2) is 54.6 Å². The summed E-state index contributed by atoms with van der Waals surface area (Å²) in [6.07, 6.45) is 0. The van der Waals surface area contributed by atoms with Crippen LogP contribution in [-0.4, -0.2) is 4.57 Å². The first-order valence-electron chi connectivity index (χ1n) is 5.83. The second-order valence-corrected chi connectivity index (χ2v) is 4.17. The van der Waals surface area contributed by atoms with E-state index in [0.29, 0.717) is 12.2 Å². The number of hydrogen-bond donors (Lipinski definition) is 0. The monoisotopic (exact) mass is 231 g/mol. The van der Waals surface area contributed by atoms with Gasteiger partial charge in [-0.25, -0.2) is 0 Å². The Morgan fingerprint density at radius 2 is 1.72 bits per heavy atom. The zero-order chi connectivity index (χ0) is 12.4. The maximum absolute atomic E-state index is 9.20. The summed E-state index contributed by atoms with van der Waals surface area (Å²) in [6, 6.07) is 23.5. The quantitative estimate of drug-likeness (QED) is 0.664. The molecule has 0 N–H and O–H groups in total. The van der Waals surface area contributed by atoms with Crippen LogP contribution in [0.2, 0.25) is 0 Å². The summed E-state index contributed by atoms with van der Waals surface area (Å²) < 4.78 is 2.00. The lowest BCUT2D eigenvalue weighted by molar-refractivity contribution is 0.823. The van der Waals surface area contributed by atoms with Gasteiger partial charge in [0.2, 0.25) is 0 Å². The highest BCUT2D eigenvalue weighted by Crippen LogP contribution is 2.19. The molecule has 0 aliphatic rings. The summed E-state index contributed by atoms with van der Waals surface area (Å²) >= 11 is 0. The van der Waals surface area contributed by atoms with Gasteiger partial charge in [0.15, 0.2) is 0 Å². The molecule has 1 heterocycles. The molecule has 0 spiro atoms. The Hall–Kier alpha value is -2.53. The highest BCUT2D eigenvalue weighted by Gasteiger charge is 2.08. The molecular weight excluding hydrogens is 220 g/mol. The van der Waals surface area contributed by atoms with Gasteiger partial charge in [0, 0.05) is 18.0 Å². The van der Waals surface area contributed by atoms with E-state index in [9.17, 15) is 5.26 Å². The van der Waals surface area contributed by atoms with Crippen molar-refractivity contribution >= 4 is 10.9 Å². The van der Waals surface area contributed by atoms with E-state index in [1.807, 2.05) is 47.0 Å². The summed E-state index contributed by atoms with van der Waals surface area (Å²) in [7, 11) is 0. The average Bonchev–Trinajstić information content (AvgIpc) is 2.78. The van der Waals surface area contributed by atoms with E-state index in [4.69, 9.17) is 0 Å². The molecule has 0 saturated carbocycles. The Balaban J connectivity index is 2.13. The number of benzene rings is 2. The number of para-hydroxylation sites is 1. The Labute approximate surface area is 106 Å². The normalized spacial score (nSPS) is 10.4. The third-order valence-electron chi connectivity index (χ3n) is 3.01. The van der Waals surface area contributed by atoms with Crippen molar-refractivity contribution in [2.24, 2.45) is 0 Å². The number of aromatic nitrogens is 1. The van der Waals surface area contributed by atoms with Gasteiger partial charge in [0.25, 0.3) is 0 Å². The minimum Gasteiger partial charge on any atom is -0.327 e. The fourth-order valence-corrected chi connectivity index (χ4v) is 2.15. The molecule has 3 rings (SSSR count). The minimum absolute atomic E-state index is 0.583. The number of hydrogen-bond acceptors (Lipinski definition) is 1. The Morgan fingerprint density at radius 3 is 2.50 bits per heavy atom. The van der Waals surface area contributed by atoms with Gasteiger partial charge in [0.1, 0.15) is 11.8 Å². The highest BCUT2D eigenvalue weighted by atomic mass is 15.0. The molecule has 0 unspecified atom stereocenters. The van der Waals surface area contributed by atoms with Crippen molar-refractivity contribution < 1.29 is 0 Å². The van der Waals surface area contributed by atoms with Crippen LogP contribution in [0, 0.1) is 17.4 Å². The molecule has 0 aliphatic heterocycles. The maximum Gasteiger partial charge on any atom is 0.129 e. The number of rotatable bonds is 2. The second-order valence-electron chi connectivity index (χ2n) is 4.17. The van der Waals surface area contributed by atoms with E-state index in [-0.39, 0.29) is 0 Å². The Morgan fingerprint density at radius 1 is 1.00 bits per heavy atom. The van der Waals surface area contributed by atoms with Gasteiger partial charge in [-0.3, -0.25) is 0 Å². The molecule has 3 aromatic rings. The second kappa shape index (κ2) is 4.38. The standard InChI is InChI=1S/C16H11N2/c17-11-15-10-14-8-4-5-9-16(14)18(15)12-13-6-2-1-3-7-13/h1-9H,12H2. The topological polar surface area (TPSA) is 28.7 Å². The molecule has 0 saturated heterocycles. The van der Waals surface area contributed by atoms with E-state index in [0.717, 1.165) is 10.9 Å². The molecule has 2 heteroatoms. The summed E-state index contributed by atoms with van der Waals surface area (Å²) in [5.41, 5.74) is 2.82. The summed E-state index contributed by atoms with van der Waals surface area (Å²) in [5.74, 6) is 0. The van der Waals surface area contributed by atoms with Crippen LogP contribution >= 0.6 is 0 Å². The number of fused-ring (bicyclic) bond motifs is 1. The first-order valence-corrected chi connectivity index (χ1v) is 5.83. The third kappa shape index (κ3) is 1.76. The van der Waals surface area contributed by atoms with Crippen molar-refractivity contribution in [2.45, 2.75) is 6.54 Å². The predicted octanol–water partition coefficient (Wildman–Crippen LogP) is 3.36. The van der Waals surface area contributed by atoms with Gasteiger partial charge in [-0.1, -0.05) is 48.5 Å². The van der Waals surface area contributed by atoms with E-state index < -0.39 is 0 Å². The Kier molecular flexibility index (Phi) is 2.59. The molecule has 0 aliphatic carbocycles. The Bertz CT molecular complexity index is 718. The predicted molar refractivity (Wildman–Crippen MR) is 71.0 cm³/mol. The van der Waals surface area contributed by atoms with Gasteiger partial charge in [-0.15, -0.1) is 0 Å². The first kappa shape index (κ1) is 10.6. The van der Waals surface area contributed by atoms with Crippen LogP contribution in [0.3, 0.4) is 0 Å². The molecule has 0 atom stereocenters. The zero-order valence-electron chi connectivity index (χ0n) is 9.80. The van der Waals surface area contributed by atoms with E-state index in [1.165, 1.54) is 5.56 Å². The van der Waals surface area contributed by atoms with Crippen molar-refractivity contribution in [3.63, 3.8) is 0 Å². The maximum atomic E-state index is 9.20. The fourth-order valence-electron chi connectivity index (χ4n) is 2.15. The van der Waals surface area contributed by atoms with Crippen LogP contribution in [0.4, 0.5) is 0 Å². The lowest BCUT2D eigenvalue weighted by atomic mass is 10.2. The van der Waals surface area contributed by atoms with Crippen LogP contribution in [-0.2, 0) is 6.54 Å². The number of nitrogens with zero attached hydrogens (tertiary/aromatic N) is 2. The van der Waals surface area contributed by atoms with E-state index >= 15 is 0 Å². The molecule has 0 amide bonds. The SMILES string of the molecule is N#Cc1[c]c2ccccc2n1Cc1ccccc1. The van der Waals surface area contributed by atoms with Crippen LogP contribution in [0.25, 0.3) is 10.9 Å².